The molecule has 0 aromatic carbocycles. The molecular formula is C22H28F3N3O. The van der Waals surface area contributed by atoms with Gasteiger partial charge in [-0.2, -0.15) is 13.2 Å². The third-order valence-corrected chi connectivity index (χ3v) is 6.00. The Labute approximate surface area is 169 Å². The van der Waals surface area contributed by atoms with Crippen molar-refractivity contribution in [2.24, 2.45) is 0 Å². The molecule has 1 saturated heterocycles. The number of rotatable bonds is 5. The second-order valence-corrected chi connectivity index (χ2v) is 7.83. The molecule has 0 N–H and O–H groups in total. The van der Waals surface area contributed by atoms with Gasteiger partial charge in [0.05, 0.1) is 6.54 Å². The van der Waals surface area contributed by atoms with E-state index in [1.54, 1.807) is 0 Å². The predicted molar refractivity (Wildman–Crippen MR) is 109 cm³/mol. The molecule has 1 aliphatic heterocycles. The van der Waals surface area contributed by atoms with E-state index in [0.29, 0.717) is 31.7 Å². The molecule has 0 spiro atoms. The average Bonchev–Trinajstić information content (AvgIpc) is 3.09. The summed E-state index contributed by atoms with van der Waals surface area (Å²) in [5.74, 6) is 0. The van der Waals surface area contributed by atoms with Crippen molar-refractivity contribution >= 4 is 17.4 Å². The zero-order valence-corrected chi connectivity index (χ0v) is 17.4. The van der Waals surface area contributed by atoms with Crippen LogP contribution in [0, 0.1) is 6.92 Å². The Kier molecular flexibility index (Phi) is 6.19. The van der Waals surface area contributed by atoms with Crippen LogP contribution in [0.3, 0.4) is 0 Å². The topological polar surface area (TPSA) is 28.0 Å². The molecule has 1 aliphatic rings. The van der Waals surface area contributed by atoms with Crippen LogP contribution in [0.4, 0.5) is 13.2 Å². The number of carbonyl (C=O) groups excluding carboxylic acids is 1. The molecule has 2 aromatic heterocycles. The number of alkyl halides is 3. The van der Waals surface area contributed by atoms with Crippen LogP contribution in [-0.2, 0) is 0 Å². The minimum Gasteiger partial charge on any atom is -0.318 e. The van der Waals surface area contributed by atoms with Gasteiger partial charge in [0.15, 0.2) is 0 Å². The Hall–Kier alpha value is -2.12. The highest BCUT2D eigenvalue weighted by atomic mass is 19.4. The van der Waals surface area contributed by atoms with Gasteiger partial charge in [0.25, 0.3) is 0 Å². The highest BCUT2D eigenvalue weighted by molar-refractivity contribution is 5.82. The maximum atomic E-state index is 12.7. The molecule has 0 bridgehead atoms. The second-order valence-electron chi connectivity index (χ2n) is 7.83. The molecule has 0 radical (unpaired) electrons. The SMILES string of the molecule is C/C=C(\C)c1cc2cc(C=O)c(C)c(C(C)N3CCN(CC(F)(F)F)CC3)n2c1. The first-order valence-corrected chi connectivity index (χ1v) is 9.92. The maximum Gasteiger partial charge on any atom is 0.401 e. The van der Waals surface area contributed by atoms with Gasteiger partial charge in [0.1, 0.15) is 6.29 Å². The standard InChI is InChI=1S/C22H28F3N3O/c1-5-15(2)18-10-20-11-19(13-29)16(3)21(28(20)12-18)17(4)27-8-6-26(7-9-27)14-22(23,24)25/h5,10-13,17H,6-9,14H2,1-4H3/b15-5+. The number of nitrogens with zero attached hydrogens (tertiary/aromatic N) is 3. The van der Waals surface area contributed by atoms with Crippen LogP contribution in [0.25, 0.3) is 11.1 Å². The van der Waals surface area contributed by atoms with Crippen LogP contribution in [-0.4, -0.2) is 59.4 Å². The largest absolute Gasteiger partial charge is 0.401 e. The molecule has 3 heterocycles. The highest BCUT2D eigenvalue weighted by Gasteiger charge is 2.33. The van der Waals surface area contributed by atoms with E-state index in [0.717, 1.165) is 34.2 Å². The Morgan fingerprint density at radius 1 is 1.21 bits per heavy atom. The number of piperazine rings is 1. The normalized spacial score (nSPS) is 18.4. The van der Waals surface area contributed by atoms with E-state index in [1.165, 1.54) is 4.90 Å². The summed E-state index contributed by atoms with van der Waals surface area (Å²) in [5, 5.41) is 0. The van der Waals surface area contributed by atoms with Crippen LogP contribution in [0.15, 0.2) is 24.4 Å². The van der Waals surface area contributed by atoms with E-state index >= 15 is 0 Å². The molecule has 0 amide bonds. The number of aromatic nitrogens is 1. The number of pyridine rings is 1. The van der Waals surface area contributed by atoms with Gasteiger partial charge in [-0.15, -0.1) is 0 Å². The molecule has 0 saturated carbocycles. The van der Waals surface area contributed by atoms with Gasteiger partial charge in [-0.05, 0) is 56.5 Å². The van der Waals surface area contributed by atoms with Crippen LogP contribution in [0.2, 0.25) is 0 Å². The highest BCUT2D eigenvalue weighted by Crippen LogP contribution is 2.30. The first kappa shape index (κ1) is 21.6. The van der Waals surface area contributed by atoms with Crippen molar-refractivity contribution in [3.63, 3.8) is 0 Å². The number of aldehydes is 1. The van der Waals surface area contributed by atoms with Gasteiger partial charge in [0.2, 0.25) is 0 Å². The van der Waals surface area contributed by atoms with E-state index < -0.39 is 12.7 Å². The minimum atomic E-state index is -4.17. The summed E-state index contributed by atoms with van der Waals surface area (Å²) in [6.07, 6.45) is 0.840. The summed E-state index contributed by atoms with van der Waals surface area (Å²) in [4.78, 5) is 15.3. The van der Waals surface area contributed by atoms with E-state index in [2.05, 4.69) is 28.5 Å². The molecule has 1 atom stereocenters. The van der Waals surface area contributed by atoms with Crippen LogP contribution >= 0.6 is 0 Å². The summed E-state index contributed by atoms with van der Waals surface area (Å²) in [5.41, 5.74) is 5.78. The molecule has 7 heteroatoms. The molecule has 1 unspecified atom stereocenters. The molecule has 158 valence electrons. The van der Waals surface area contributed by atoms with Gasteiger partial charge < -0.3 is 4.40 Å². The number of allylic oxidation sites excluding steroid dienone is 2. The van der Waals surface area contributed by atoms with E-state index in [1.807, 2.05) is 32.9 Å². The van der Waals surface area contributed by atoms with Crippen LogP contribution in [0.5, 0.6) is 0 Å². The molecule has 1 fully saturated rings. The quantitative estimate of drug-likeness (QED) is 0.671. The lowest BCUT2D eigenvalue weighted by Crippen LogP contribution is -2.49. The van der Waals surface area contributed by atoms with Gasteiger partial charge in [-0.3, -0.25) is 14.6 Å². The lowest BCUT2D eigenvalue weighted by Gasteiger charge is -2.39. The predicted octanol–water partition coefficient (Wildman–Crippen LogP) is 4.72. The van der Waals surface area contributed by atoms with E-state index in [9.17, 15) is 18.0 Å². The smallest absolute Gasteiger partial charge is 0.318 e. The third kappa shape index (κ3) is 4.56. The fourth-order valence-corrected chi connectivity index (χ4v) is 4.15. The average molecular weight is 407 g/mol. The lowest BCUT2D eigenvalue weighted by molar-refractivity contribution is -0.149. The number of carbonyl (C=O) groups is 1. The summed E-state index contributed by atoms with van der Waals surface area (Å²) >= 11 is 0. The van der Waals surface area contributed by atoms with Crippen LogP contribution in [0.1, 0.15) is 54.0 Å². The Bertz CT molecular complexity index is 922. The molecule has 3 rings (SSSR count). The van der Waals surface area contributed by atoms with Crippen molar-refractivity contribution in [3.8, 4) is 0 Å². The molecular weight excluding hydrogens is 379 g/mol. The van der Waals surface area contributed by atoms with Gasteiger partial charge in [-0.25, -0.2) is 0 Å². The Morgan fingerprint density at radius 3 is 2.41 bits per heavy atom. The third-order valence-electron chi connectivity index (χ3n) is 6.00. The van der Waals surface area contributed by atoms with Gasteiger partial charge in [0, 0.05) is 55.2 Å². The Morgan fingerprint density at radius 2 is 1.86 bits per heavy atom. The first-order valence-electron chi connectivity index (χ1n) is 9.92. The number of halogens is 3. The first-order chi connectivity index (χ1) is 13.6. The van der Waals surface area contributed by atoms with Crippen molar-refractivity contribution in [2.45, 2.75) is 39.9 Å². The zero-order valence-electron chi connectivity index (χ0n) is 17.4. The van der Waals surface area contributed by atoms with E-state index in [4.69, 9.17) is 0 Å². The summed E-state index contributed by atoms with van der Waals surface area (Å²) in [7, 11) is 0. The fraction of sp³-hybridized carbons (Fsp3) is 0.500. The van der Waals surface area contributed by atoms with Crippen molar-refractivity contribution in [3.05, 3.63) is 46.8 Å². The van der Waals surface area contributed by atoms with E-state index in [-0.39, 0.29) is 6.04 Å². The lowest BCUT2D eigenvalue weighted by atomic mass is 10.0. The van der Waals surface area contributed by atoms with Crippen molar-refractivity contribution in [2.75, 3.05) is 32.7 Å². The number of fused-ring (bicyclic) bond motifs is 1. The van der Waals surface area contributed by atoms with Gasteiger partial charge >= 0.3 is 6.18 Å². The number of hydrogen-bond donors (Lipinski definition) is 0. The second kappa shape index (κ2) is 8.32. The van der Waals surface area contributed by atoms with Crippen LogP contribution < -0.4 is 0 Å². The van der Waals surface area contributed by atoms with Crippen molar-refractivity contribution < 1.29 is 18.0 Å². The van der Waals surface area contributed by atoms with Crippen molar-refractivity contribution in [1.29, 1.82) is 0 Å². The summed E-state index contributed by atoms with van der Waals surface area (Å²) < 4.78 is 40.1. The molecule has 4 nitrogen and oxygen atoms in total. The molecule has 29 heavy (non-hydrogen) atoms. The minimum absolute atomic E-state index is 0.0170. The molecule has 2 aromatic rings. The summed E-state index contributed by atoms with van der Waals surface area (Å²) in [6, 6.07) is 3.95. The monoisotopic (exact) mass is 407 g/mol. The van der Waals surface area contributed by atoms with Gasteiger partial charge in [-0.1, -0.05) is 6.08 Å². The Balaban J connectivity index is 1.93. The summed E-state index contributed by atoms with van der Waals surface area (Å²) in [6.45, 7) is 9.08. The number of hydrogen-bond acceptors (Lipinski definition) is 3. The zero-order chi connectivity index (χ0) is 21.3. The fourth-order valence-electron chi connectivity index (χ4n) is 4.15. The van der Waals surface area contributed by atoms with Crippen molar-refractivity contribution in [1.82, 2.24) is 14.2 Å². The maximum absolute atomic E-state index is 12.7. The molecule has 0 aliphatic carbocycles.